The Kier molecular flexibility index (Phi) is 9.48. The molecular weight excluding hydrogens is 968 g/mol. The summed E-state index contributed by atoms with van der Waals surface area (Å²) in [4.78, 5) is 5.25. The van der Waals surface area contributed by atoms with Crippen LogP contribution in [0.5, 0.6) is 0 Å². The van der Waals surface area contributed by atoms with Crippen LogP contribution >= 0.6 is 11.3 Å². The minimum absolute atomic E-state index is 0.0230. The molecule has 0 saturated carbocycles. The summed E-state index contributed by atoms with van der Waals surface area (Å²) in [7, 11) is 0. The number of nitrogens with zero attached hydrogens (tertiary/aromatic N) is 2. The van der Waals surface area contributed by atoms with Gasteiger partial charge in [-0.2, -0.15) is 0 Å². The molecule has 0 saturated heterocycles. The van der Waals surface area contributed by atoms with Crippen molar-refractivity contribution in [1.29, 1.82) is 0 Å². The quantitative estimate of drug-likeness (QED) is 0.165. The fourth-order valence-corrected chi connectivity index (χ4v) is 15.0. The first-order chi connectivity index (χ1) is 37.8. The minimum Gasteiger partial charge on any atom is -0.466 e. The van der Waals surface area contributed by atoms with Crippen molar-refractivity contribution in [3.8, 4) is 33.4 Å². The normalized spacial score (nSPS) is 15.4. The molecule has 0 atom stereocenters. The number of rotatable bonds is 4. The Morgan fingerprint density at radius 2 is 1.17 bits per heavy atom. The molecule has 13 aromatic rings. The average molecular weight is 1030 g/mol. The van der Waals surface area contributed by atoms with E-state index in [4.69, 9.17) is 8.83 Å². The molecule has 0 bridgehead atoms. The van der Waals surface area contributed by atoms with Gasteiger partial charge in [0.05, 0.1) is 21.8 Å². The zero-order valence-electron chi connectivity index (χ0n) is 45.1. The van der Waals surface area contributed by atoms with E-state index in [1.54, 1.807) is 0 Å². The predicted octanol–water partition coefficient (Wildman–Crippen LogP) is 19.5. The summed E-state index contributed by atoms with van der Waals surface area (Å²) in [6.45, 7) is 16.3. The number of anilines is 5. The van der Waals surface area contributed by atoms with E-state index in [1.165, 1.54) is 81.0 Å². The molecule has 4 nitrogen and oxygen atoms in total. The smallest absolute Gasteiger partial charge is 0.376 e. The van der Waals surface area contributed by atoms with Gasteiger partial charge in [0.15, 0.2) is 0 Å². The van der Waals surface area contributed by atoms with Crippen LogP contribution in [0.1, 0.15) is 78.0 Å². The molecule has 0 unspecified atom stereocenters. The first-order valence-electron chi connectivity index (χ1n) is 27.7. The zero-order valence-corrected chi connectivity index (χ0v) is 45.9. The molecule has 2 aliphatic heterocycles. The average Bonchev–Trinajstić information content (AvgIpc) is 3.25. The third-order valence-corrected chi connectivity index (χ3v) is 19.2. The second-order valence-corrected chi connectivity index (χ2v) is 25.7. The molecule has 5 heterocycles. The SMILES string of the molecule is CC(C)(C)c1ccc(N2c3cc4c(oc5ccccc54)c4c3B(c3oc5cc6c(cc5c32)C(C)(C)CCC6(C)C)N(c2ccc(-c3ccccc3)cc2)c2c-4ccc3c2sc2cc4ccccc4cc23)c(-c2ccccc2)c1. The Bertz CT molecular complexity index is 4670. The lowest BCUT2D eigenvalue weighted by molar-refractivity contribution is 0.332. The molecule has 16 rings (SSSR count). The standard InChI is InChI=1S/C72H57BN2O2S/c1-70(2,3)47-28-33-58(52(38-47)44-20-12-9-13-21-44)74-59-40-54-49-24-16-17-25-60(49)76-67(54)63-51-32-31-50-53-36-45-22-14-15-23-46(45)37-62(53)78-68(50)65(51)75(48-29-26-43(27-30-48)42-18-10-8-11-19-42)73(64(59)63)69-66(74)55-39-56-57(41-61(55)77-69)72(6,7)35-34-71(56,4)5/h8-33,36-41H,34-35H2,1-7H3. The maximum absolute atomic E-state index is 7.89. The van der Waals surface area contributed by atoms with Crippen LogP contribution < -0.4 is 20.8 Å². The molecule has 10 aromatic carbocycles. The van der Waals surface area contributed by atoms with Gasteiger partial charge >= 0.3 is 6.85 Å². The summed E-state index contributed by atoms with van der Waals surface area (Å²) >= 11 is 1.90. The molecule has 78 heavy (non-hydrogen) atoms. The summed E-state index contributed by atoms with van der Waals surface area (Å²) < 4.78 is 17.7. The van der Waals surface area contributed by atoms with Gasteiger partial charge in [-0.05, 0) is 139 Å². The van der Waals surface area contributed by atoms with Gasteiger partial charge in [0.1, 0.15) is 22.4 Å². The Morgan fingerprint density at radius 3 is 1.91 bits per heavy atom. The largest absolute Gasteiger partial charge is 0.466 e. The Balaban J connectivity index is 1.10. The van der Waals surface area contributed by atoms with Gasteiger partial charge < -0.3 is 18.5 Å². The van der Waals surface area contributed by atoms with Crippen LogP contribution in [-0.2, 0) is 16.2 Å². The van der Waals surface area contributed by atoms with Gasteiger partial charge in [-0.1, -0.05) is 182 Å². The summed E-state index contributed by atoms with van der Waals surface area (Å²) in [5, 5.41) is 8.34. The summed E-state index contributed by atoms with van der Waals surface area (Å²) in [6, 6.07) is 72.6. The van der Waals surface area contributed by atoms with Crippen molar-refractivity contribution < 1.29 is 8.83 Å². The lowest BCUT2D eigenvalue weighted by Gasteiger charge is -2.44. The zero-order chi connectivity index (χ0) is 52.6. The van der Waals surface area contributed by atoms with E-state index in [1.807, 2.05) is 11.3 Å². The first kappa shape index (κ1) is 45.8. The van der Waals surface area contributed by atoms with Crippen molar-refractivity contribution in [2.45, 2.75) is 77.6 Å². The first-order valence-corrected chi connectivity index (χ1v) is 28.5. The molecular formula is C72H57BN2O2S. The van der Waals surface area contributed by atoms with Crippen molar-refractivity contribution >= 4 is 122 Å². The highest BCUT2D eigenvalue weighted by atomic mass is 32.1. The number of thiophene rings is 1. The maximum atomic E-state index is 7.89. The third-order valence-electron chi connectivity index (χ3n) is 18.0. The van der Waals surface area contributed by atoms with Gasteiger partial charge in [-0.25, -0.2) is 0 Å². The van der Waals surface area contributed by atoms with E-state index in [9.17, 15) is 0 Å². The van der Waals surface area contributed by atoms with E-state index in [0.717, 1.165) is 85.3 Å². The van der Waals surface area contributed by atoms with E-state index in [-0.39, 0.29) is 16.2 Å². The number of hydrogen-bond donors (Lipinski definition) is 0. The minimum atomic E-state index is -0.400. The molecule has 0 spiro atoms. The fraction of sp³-hybridized carbons (Fsp3) is 0.167. The summed E-state index contributed by atoms with van der Waals surface area (Å²) in [5.74, 6) is 0. The van der Waals surface area contributed by atoms with Crippen LogP contribution in [-0.4, -0.2) is 6.85 Å². The number of fused-ring (bicyclic) bond motifs is 16. The highest BCUT2D eigenvalue weighted by molar-refractivity contribution is 7.26. The van der Waals surface area contributed by atoms with E-state index < -0.39 is 6.85 Å². The van der Waals surface area contributed by atoms with Crippen LogP contribution in [0.2, 0.25) is 0 Å². The van der Waals surface area contributed by atoms with Gasteiger partial charge in [0, 0.05) is 59.7 Å². The van der Waals surface area contributed by atoms with Crippen molar-refractivity contribution in [1.82, 2.24) is 0 Å². The van der Waals surface area contributed by atoms with Crippen molar-refractivity contribution in [2.24, 2.45) is 0 Å². The molecule has 376 valence electrons. The fourth-order valence-electron chi connectivity index (χ4n) is 13.8. The van der Waals surface area contributed by atoms with Crippen LogP contribution in [0.15, 0.2) is 203 Å². The van der Waals surface area contributed by atoms with Crippen LogP contribution in [0.4, 0.5) is 28.4 Å². The maximum Gasteiger partial charge on any atom is 0.376 e. The second-order valence-electron chi connectivity index (χ2n) is 24.6. The Hall–Kier alpha value is -8.32. The van der Waals surface area contributed by atoms with Crippen molar-refractivity contribution in [3.63, 3.8) is 0 Å². The number of hydrogen-bond acceptors (Lipinski definition) is 5. The van der Waals surface area contributed by atoms with E-state index in [0.29, 0.717) is 0 Å². The second kappa shape index (κ2) is 16.1. The van der Waals surface area contributed by atoms with Crippen LogP contribution in [0.25, 0.3) is 97.2 Å². The Labute approximate surface area is 459 Å². The van der Waals surface area contributed by atoms with Gasteiger partial charge in [0.25, 0.3) is 0 Å². The van der Waals surface area contributed by atoms with Gasteiger partial charge in [-0.15, -0.1) is 11.3 Å². The van der Waals surface area contributed by atoms with Crippen molar-refractivity contribution in [2.75, 3.05) is 9.71 Å². The lowest BCUT2D eigenvalue weighted by Crippen LogP contribution is -2.61. The number of furan rings is 2. The topological polar surface area (TPSA) is 32.8 Å². The van der Waals surface area contributed by atoms with Crippen molar-refractivity contribution in [3.05, 3.63) is 211 Å². The van der Waals surface area contributed by atoms with Gasteiger partial charge in [-0.3, -0.25) is 0 Å². The van der Waals surface area contributed by atoms with E-state index in [2.05, 4.69) is 252 Å². The van der Waals surface area contributed by atoms with Crippen LogP contribution in [0, 0.1) is 0 Å². The molecule has 3 aliphatic rings. The van der Waals surface area contributed by atoms with Crippen LogP contribution in [0.3, 0.4) is 0 Å². The predicted molar refractivity (Wildman–Crippen MR) is 332 cm³/mol. The van der Waals surface area contributed by atoms with Gasteiger partial charge in [0.2, 0.25) is 0 Å². The molecule has 0 fully saturated rings. The number of para-hydroxylation sites is 1. The molecule has 6 heteroatoms. The molecule has 0 radical (unpaired) electrons. The highest BCUT2D eigenvalue weighted by Crippen LogP contribution is 2.57. The molecule has 0 N–H and O–H groups in total. The summed E-state index contributed by atoms with van der Waals surface area (Å²) in [6.07, 6.45) is 2.22. The third kappa shape index (κ3) is 6.53. The lowest BCUT2D eigenvalue weighted by atomic mass is 9.45. The van der Waals surface area contributed by atoms with E-state index >= 15 is 0 Å². The number of benzene rings is 10. The Morgan fingerprint density at radius 1 is 0.500 bits per heavy atom. The highest BCUT2D eigenvalue weighted by Gasteiger charge is 2.51. The molecule has 0 amide bonds. The molecule has 1 aliphatic carbocycles. The molecule has 3 aromatic heterocycles. The monoisotopic (exact) mass is 1020 g/mol. The summed E-state index contributed by atoms with van der Waals surface area (Å²) in [5.41, 5.74) is 21.3.